The minimum absolute atomic E-state index is 0.156. The van der Waals surface area contributed by atoms with Gasteiger partial charge in [0.15, 0.2) is 0 Å². The second-order valence-electron chi connectivity index (χ2n) is 6.09. The van der Waals surface area contributed by atoms with E-state index < -0.39 is 17.4 Å². The fourth-order valence-corrected chi connectivity index (χ4v) is 1.39. The molecular formula is C21H36O9. The first-order valence-electron chi connectivity index (χ1n) is 9.40. The SMILES string of the molecule is C=C(CC=CC(=O)O)C(=O)OC.C=CC(=O)OCCCC.CCC(CO)(CO)CO. The predicted molar refractivity (Wildman–Crippen MR) is 113 cm³/mol. The van der Waals surface area contributed by atoms with Gasteiger partial charge in [0.1, 0.15) is 0 Å². The number of aliphatic carboxylic acids is 1. The monoisotopic (exact) mass is 432 g/mol. The van der Waals surface area contributed by atoms with E-state index in [1.165, 1.54) is 19.3 Å². The molecule has 0 aromatic carbocycles. The molecule has 0 saturated heterocycles. The normalized spacial score (nSPS) is 10.1. The molecule has 0 spiro atoms. The molecule has 0 rings (SSSR count). The average Bonchev–Trinajstić information content (AvgIpc) is 2.75. The van der Waals surface area contributed by atoms with Crippen molar-refractivity contribution in [3.8, 4) is 0 Å². The Hall–Kier alpha value is -2.49. The summed E-state index contributed by atoms with van der Waals surface area (Å²) in [5, 5.41) is 34.2. The summed E-state index contributed by atoms with van der Waals surface area (Å²) in [6.45, 7) is 10.6. The molecule has 0 aromatic rings. The first-order valence-corrected chi connectivity index (χ1v) is 9.40. The fourth-order valence-electron chi connectivity index (χ4n) is 1.39. The van der Waals surface area contributed by atoms with Gasteiger partial charge in [0.2, 0.25) is 0 Å². The number of carboxylic acid groups (broad SMARTS) is 1. The van der Waals surface area contributed by atoms with Gasteiger partial charge in [-0.15, -0.1) is 0 Å². The molecule has 0 unspecified atom stereocenters. The molecule has 0 aromatic heterocycles. The average molecular weight is 433 g/mol. The minimum atomic E-state index is -1.05. The number of hydrogen-bond acceptors (Lipinski definition) is 8. The molecule has 30 heavy (non-hydrogen) atoms. The Morgan fingerprint density at radius 1 is 1.07 bits per heavy atom. The molecule has 0 heterocycles. The molecule has 4 N–H and O–H groups in total. The van der Waals surface area contributed by atoms with Crippen molar-refractivity contribution in [2.24, 2.45) is 5.41 Å². The molecular weight excluding hydrogens is 396 g/mol. The van der Waals surface area contributed by atoms with E-state index in [0.29, 0.717) is 13.0 Å². The fraction of sp³-hybridized carbons (Fsp3) is 0.571. The third-order valence-corrected chi connectivity index (χ3v) is 3.76. The number of methoxy groups -OCH3 is 1. The molecule has 9 nitrogen and oxygen atoms in total. The van der Waals surface area contributed by atoms with E-state index in [0.717, 1.165) is 18.9 Å². The van der Waals surface area contributed by atoms with Crippen LogP contribution in [0, 0.1) is 5.41 Å². The number of esters is 2. The number of ether oxygens (including phenoxy) is 2. The number of carbonyl (C=O) groups excluding carboxylic acids is 2. The van der Waals surface area contributed by atoms with Crippen molar-refractivity contribution in [2.75, 3.05) is 33.5 Å². The summed E-state index contributed by atoms with van der Waals surface area (Å²) in [5.74, 6) is -1.90. The van der Waals surface area contributed by atoms with Gasteiger partial charge in [0, 0.05) is 23.1 Å². The summed E-state index contributed by atoms with van der Waals surface area (Å²) in [4.78, 5) is 31.0. The van der Waals surface area contributed by atoms with Crippen molar-refractivity contribution >= 4 is 17.9 Å². The van der Waals surface area contributed by atoms with Crippen LogP contribution < -0.4 is 0 Å². The zero-order valence-electron chi connectivity index (χ0n) is 18.1. The van der Waals surface area contributed by atoms with E-state index >= 15 is 0 Å². The van der Waals surface area contributed by atoms with Crippen LogP contribution in [0.2, 0.25) is 0 Å². The summed E-state index contributed by atoms with van der Waals surface area (Å²) in [6, 6.07) is 0. The van der Waals surface area contributed by atoms with Crippen LogP contribution in [-0.4, -0.2) is 71.9 Å². The first kappa shape index (κ1) is 32.2. The van der Waals surface area contributed by atoms with E-state index in [2.05, 4.69) is 22.6 Å². The van der Waals surface area contributed by atoms with Crippen molar-refractivity contribution in [1.29, 1.82) is 0 Å². The van der Waals surface area contributed by atoms with Gasteiger partial charge in [-0.1, -0.05) is 39.5 Å². The van der Waals surface area contributed by atoms with Crippen molar-refractivity contribution < 1.29 is 44.3 Å². The van der Waals surface area contributed by atoms with Crippen LogP contribution in [0.1, 0.15) is 39.5 Å². The molecule has 174 valence electrons. The highest BCUT2D eigenvalue weighted by Gasteiger charge is 2.24. The Labute approximate surface area is 178 Å². The van der Waals surface area contributed by atoms with E-state index in [1.54, 1.807) is 0 Å². The van der Waals surface area contributed by atoms with E-state index in [-0.39, 0.29) is 37.8 Å². The lowest BCUT2D eigenvalue weighted by atomic mass is 9.88. The summed E-state index contributed by atoms with van der Waals surface area (Å²) in [5.41, 5.74) is -0.435. The zero-order valence-corrected chi connectivity index (χ0v) is 18.1. The van der Waals surface area contributed by atoms with Gasteiger partial charge in [-0.3, -0.25) is 0 Å². The van der Waals surface area contributed by atoms with Crippen LogP contribution in [0.3, 0.4) is 0 Å². The molecule has 0 atom stereocenters. The number of aliphatic hydroxyl groups excluding tert-OH is 3. The lowest BCUT2D eigenvalue weighted by Crippen LogP contribution is -2.32. The van der Waals surface area contributed by atoms with E-state index in [1.807, 2.05) is 13.8 Å². The van der Waals surface area contributed by atoms with Crippen molar-refractivity contribution in [3.63, 3.8) is 0 Å². The third-order valence-electron chi connectivity index (χ3n) is 3.76. The van der Waals surface area contributed by atoms with Gasteiger partial charge >= 0.3 is 17.9 Å². The summed E-state index contributed by atoms with van der Waals surface area (Å²) < 4.78 is 9.02. The Bertz CT molecular complexity index is 517. The number of hydrogen-bond donors (Lipinski definition) is 4. The molecule has 0 bridgehead atoms. The van der Waals surface area contributed by atoms with Gasteiger partial charge in [0.05, 0.1) is 33.5 Å². The molecule has 0 saturated carbocycles. The molecule has 0 aliphatic rings. The molecule has 9 heteroatoms. The van der Waals surface area contributed by atoms with Crippen molar-refractivity contribution in [2.45, 2.75) is 39.5 Å². The first-order chi connectivity index (χ1) is 14.1. The molecule has 0 aliphatic heterocycles. The van der Waals surface area contributed by atoms with Gasteiger partial charge in [-0.2, -0.15) is 0 Å². The number of unbranched alkanes of at least 4 members (excludes halogenated alkanes) is 1. The number of carboxylic acids is 1. The number of allylic oxidation sites excluding steroid dienone is 1. The Morgan fingerprint density at radius 2 is 1.60 bits per heavy atom. The van der Waals surface area contributed by atoms with Gasteiger partial charge in [-0.05, 0) is 19.3 Å². The predicted octanol–water partition coefficient (Wildman–Crippen LogP) is 1.62. The maximum atomic E-state index is 10.7. The molecule has 0 fully saturated rings. The highest BCUT2D eigenvalue weighted by atomic mass is 16.5. The standard InChI is InChI=1S/C8H10O4.C7H12O2.C6H14O3/c1-6(8(11)12-2)4-3-5-7(9)10;1-3-5-6-9-7(8)4-2;1-2-6(3-7,4-8)5-9/h3,5H,1,4H2,2H3,(H,9,10);4H,2-3,5-6H2,1H3;7-9H,2-5H2,1H3. The molecule has 0 radical (unpaired) electrons. The Morgan fingerprint density at radius 3 is 1.90 bits per heavy atom. The van der Waals surface area contributed by atoms with Crippen LogP contribution in [0.25, 0.3) is 0 Å². The Kier molecular flexibility index (Phi) is 22.8. The van der Waals surface area contributed by atoms with Crippen LogP contribution >= 0.6 is 0 Å². The highest BCUT2D eigenvalue weighted by molar-refractivity contribution is 5.88. The van der Waals surface area contributed by atoms with Crippen LogP contribution in [0.15, 0.2) is 37.0 Å². The number of rotatable bonds is 12. The van der Waals surface area contributed by atoms with Gasteiger partial charge in [0.25, 0.3) is 0 Å². The van der Waals surface area contributed by atoms with E-state index in [9.17, 15) is 14.4 Å². The smallest absolute Gasteiger partial charge is 0.333 e. The maximum absolute atomic E-state index is 10.7. The van der Waals surface area contributed by atoms with Gasteiger partial charge in [-0.25, -0.2) is 14.4 Å². The summed E-state index contributed by atoms with van der Waals surface area (Å²) >= 11 is 0. The van der Waals surface area contributed by atoms with Crippen LogP contribution in [0.5, 0.6) is 0 Å². The van der Waals surface area contributed by atoms with Crippen LogP contribution in [0.4, 0.5) is 0 Å². The molecule has 0 amide bonds. The summed E-state index contributed by atoms with van der Waals surface area (Å²) in [6.07, 6.45) is 6.23. The maximum Gasteiger partial charge on any atom is 0.333 e. The second-order valence-corrected chi connectivity index (χ2v) is 6.09. The lowest BCUT2D eigenvalue weighted by Gasteiger charge is -2.24. The molecule has 0 aliphatic carbocycles. The third kappa shape index (κ3) is 18.9. The largest absolute Gasteiger partial charge is 0.478 e. The summed E-state index contributed by atoms with van der Waals surface area (Å²) in [7, 11) is 1.24. The number of aliphatic hydroxyl groups is 3. The topological polar surface area (TPSA) is 151 Å². The number of carbonyl (C=O) groups is 3. The van der Waals surface area contributed by atoms with Crippen molar-refractivity contribution in [1.82, 2.24) is 0 Å². The highest BCUT2D eigenvalue weighted by Crippen LogP contribution is 2.18. The zero-order chi connectivity index (χ0) is 24.0. The van der Waals surface area contributed by atoms with Crippen LogP contribution in [-0.2, 0) is 23.9 Å². The Balaban J connectivity index is -0.000000371. The quantitative estimate of drug-likeness (QED) is 0.205. The lowest BCUT2D eigenvalue weighted by molar-refractivity contribution is -0.138. The van der Waals surface area contributed by atoms with E-state index in [4.69, 9.17) is 20.4 Å². The van der Waals surface area contributed by atoms with Gasteiger partial charge < -0.3 is 29.9 Å². The van der Waals surface area contributed by atoms with Crippen molar-refractivity contribution in [3.05, 3.63) is 37.0 Å². The minimum Gasteiger partial charge on any atom is -0.478 e. The second kappa shape index (κ2) is 21.2.